The fourth-order valence-electron chi connectivity index (χ4n) is 5.03. The first kappa shape index (κ1) is 17.6. The van der Waals surface area contributed by atoms with Gasteiger partial charge in [0.2, 0.25) is 0 Å². The number of hydrogen-bond acceptors (Lipinski definition) is 2. The molecule has 0 atom stereocenters. The van der Waals surface area contributed by atoms with Gasteiger partial charge in [0.05, 0.1) is 11.2 Å². The van der Waals surface area contributed by atoms with E-state index in [1.54, 1.807) is 6.07 Å². The first-order valence-electron chi connectivity index (χ1n) is 10.4. The number of benzene rings is 1. The number of nitrogens with zero attached hydrogens (tertiary/aromatic N) is 3. The van der Waals surface area contributed by atoms with E-state index in [0.717, 1.165) is 40.2 Å². The molecule has 146 valence electrons. The van der Waals surface area contributed by atoms with E-state index in [4.69, 9.17) is 4.98 Å². The van der Waals surface area contributed by atoms with Crippen molar-refractivity contribution >= 4 is 16.6 Å². The van der Waals surface area contributed by atoms with Gasteiger partial charge < -0.3 is 4.57 Å². The van der Waals surface area contributed by atoms with Crippen LogP contribution in [0.3, 0.4) is 0 Å². The molecule has 0 amide bonds. The Balaban J connectivity index is 0.00000205. The van der Waals surface area contributed by atoms with Crippen molar-refractivity contribution in [3.05, 3.63) is 64.5 Å². The van der Waals surface area contributed by atoms with Crippen molar-refractivity contribution in [3.63, 3.8) is 0 Å². The van der Waals surface area contributed by atoms with E-state index in [0.29, 0.717) is 11.4 Å². The molecule has 1 aromatic carbocycles. The van der Waals surface area contributed by atoms with Gasteiger partial charge in [-0.25, -0.2) is 9.37 Å². The van der Waals surface area contributed by atoms with Crippen molar-refractivity contribution in [2.45, 2.75) is 64.8 Å². The lowest BCUT2D eigenvalue weighted by Crippen LogP contribution is -2.03. The maximum Gasteiger partial charge on any atom is 0.151 e. The summed E-state index contributed by atoms with van der Waals surface area (Å²) in [5.74, 6) is 1.22. The van der Waals surface area contributed by atoms with E-state index in [2.05, 4.69) is 47.7 Å². The summed E-state index contributed by atoms with van der Waals surface area (Å²) >= 11 is 0. The SMILES string of the molecule is Cc1nc2c(F)cc(C3=CCc4nc(C5CCCC5)ccc43)cc2n1C(C)C.[HH]. The minimum absolute atomic E-state index is 0. The summed E-state index contributed by atoms with van der Waals surface area (Å²) in [5.41, 5.74) is 6.86. The fraction of sp³-hybridized carbons (Fsp3) is 0.417. The molecule has 0 unspecified atom stereocenters. The zero-order valence-corrected chi connectivity index (χ0v) is 16.8. The molecule has 4 heteroatoms. The summed E-state index contributed by atoms with van der Waals surface area (Å²) in [6, 6.07) is 8.34. The zero-order chi connectivity index (χ0) is 19.4. The Bertz CT molecular complexity index is 1110. The molecule has 0 aliphatic heterocycles. The van der Waals surface area contributed by atoms with Crippen LogP contribution in [-0.4, -0.2) is 14.5 Å². The summed E-state index contributed by atoms with van der Waals surface area (Å²) in [5, 5.41) is 0. The molecule has 0 saturated heterocycles. The molecule has 2 aliphatic rings. The second-order valence-electron chi connectivity index (χ2n) is 8.48. The highest BCUT2D eigenvalue weighted by Crippen LogP contribution is 2.38. The number of allylic oxidation sites excluding steroid dienone is 1. The topological polar surface area (TPSA) is 30.7 Å². The van der Waals surface area contributed by atoms with Crippen molar-refractivity contribution < 1.29 is 5.82 Å². The number of rotatable bonds is 3. The molecule has 0 N–H and O–H groups in total. The number of halogens is 1. The van der Waals surface area contributed by atoms with E-state index in [9.17, 15) is 4.39 Å². The fourth-order valence-corrected chi connectivity index (χ4v) is 5.03. The number of hydrogen-bond donors (Lipinski definition) is 0. The van der Waals surface area contributed by atoms with E-state index in [1.807, 2.05) is 6.92 Å². The average molecular weight is 378 g/mol. The minimum Gasteiger partial charge on any atom is -0.326 e. The van der Waals surface area contributed by atoms with Gasteiger partial charge in [-0.15, -0.1) is 0 Å². The maximum absolute atomic E-state index is 14.9. The molecular weight excluding hydrogens is 349 g/mol. The van der Waals surface area contributed by atoms with Crippen LogP contribution < -0.4 is 0 Å². The van der Waals surface area contributed by atoms with Crippen molar-refractivity contribution in [3.8, 4) is 0 Å². The van der Waals surface area contributed by atoms with Gasteiger partial charge in [-0.2, -0.15) is 0 Å². The number of fused-ring (bicyclic) bond motifs is 2. The summed E-state index contributed by atoms with van der Waals surface area (Å²) in [7, 11) is 0. The second kappa shape index (κ2) is 6.54. The van der Waals surface area contributed by atoms with Gasteiger partial charge in [0, 0.05) is 31.1 Å². The molecule has 2 heterocycles. The molecule has 0 spiro atoms. The van der Waals surface area contributed by atoms with Crippen LogP contribution >= 0.6 is 0 Å². The van der Waals surface area contributed by atoms with E-state index in [-0.39, 0.29) is 13.3 Å². The zero-order valence-electron chi connectivity index (χ0n) is 16.8. The molecule has 1 saturated carbocycles. The molecule has 3 nitrogen and oxygen atoms in total. The number of aryl methyl sites for hydroxylation is 1. The Labute approximate surface area is 166 Å². The lowest BCUT2D eigenvalue weighted by atomic mass is 9.98. The maximum atomic E-state index is 14.9. The number of pyridine rings is 1. The van der Waals surface area contributed by atoms with Crippen molar-refractivity contribution in [2.75, 3.05) is 0 Å². The first-order chi connectivity index (χ1) is 13.5. The molecule has 28 heavy (non-hydrogen) atoms. The van der Waals surface area contributed by atoms with Crippen LogP contribution in [0, 0.1) is 12.7 Å². The predicted octanol–water partition coefficient (Wildman–Crippen LogP) is 6.35. The number of imidazole rings is 1. The van der Waals surface area contributed by atoms with Gasteiger partial charge in [0.1, 0.15) is 11.3 Å². The van der Waals surface area contributed by atoms with Crippen LogP contribution in [0.4, 0.5) is 4.39 Å². The standard InChI is InChI=1S/C24H26FN3.H2/c1-14(2)28-15(3)26-24-20(25)12-17(13-23(24)28)18-8-11-22-19(18)9-10-21(27-22)16-6-4-5-7-16;/h8-10,12-14,16H,4-7,11H2,1-3H3;1H. The Morgan fingerprint density at radius 3 is 2.68 bits per heavy atom. The van der Waals surface area contributed by atoms with E-state index >= 15 is 0 Å². The third-order valence-corrected chi connectivity index (χ3v) is 6.31. The van der Waals surface area contributed by atoms with E-state index in [1.165, 1.54) is 31.4 Å². The molecule has 0 radical (unpaired) electrons. The molecule has 2 aromatic heterocycles. The quantitative estimate of drug-likeness (QED) is 0.532. The monoisotopic (exact) mass is 377 g/mol. The molecule has 2 aliphatic carbocycles. The van der Waals surface area contributed by atoms with Crippen molar-refractivity contribution in [1.82, 2.24) is 14.5 Å². The van der Waals surface area contributed by atoms with Crippen LogP contribution in [0.1, 0.15) is 81.3 Å². The van der Waals surface area contributed by atoms with Gasteiger partial charge in [-0.05, 0) is 62.9 Å². The molecule has 5 rings (SSSR count). The van der Waals surface area contributed by atoms with Crippen LogP contribution in [0.25, 0.3) is 16.6 Å². The summed E-state index contributed by atoms with van der Waals surface area (Å²) in [6.07, 6.45) is 8.16. The third kappa shape index (κ3) is 2.69. The van der Waals surface area contributed by atoms with Gasteiger partial charge in [-0.1, -0.05) is 25.0 Å². The Kier molecular flexibility index (Phi) is 4.11. The Morgan fingerprint density at radius 1 is 1.14 bits per heavy atom. The summed E-state index contributed by atoms with van der Waals surface area (Å²) in [6.45, 7) is 6.16. The Morgan fingerprint density at radius 2 is 1.93 bits per heavy atom. The minimum atomic E-state index is -0.250. The van der Waals surface area contributed by atoms with Gasteiger partial charge >= 0.3 is 0 Å². The Hall–Kier alpha value is -2.49. The van der Waals surface area contributed by atoms with Crippen LogP contribution in [0.2, 0.25) is 0 Å². The molecular formula is C24H28FN3. The van der Waals surface area contributed by atoms with Gasteiger partial charge in [0.25, 0.3) is 0 Å². The third-order valence-electron chi connectivity index (χ3n) is 6.31. The van der Waals surface area contributed by atoms with Crippen LogP contribution in [-0.2, 0) is 6.42 Å². The summed E-state index contributed by atoms with van der Waals surface area (Å²) < 4.78 is 17.0. The largest absolute Gasteiger partial charge is 0.326 e. The summed E-state index contributed by atoms with van der Waals surface area (Å²) in [4.78, 5) is 9.44. The molecule has 3 aromatic rings. The van der Waals surface area contributed by atoms with Gasteiger partial charge in [0.15, 0.2) is 5.82 Å². The predicted molar refractivity (Wildman–Crippen MR) is 113 cm³/mol. The normalized spacial score (nSPS) is 17.0. The smallest absolute Gasteiger partial charge is 0.151 e. The number of aromatic nitrogens is 3. The van der Waals surface area contributed by atoms with Crippen molar-refractivity contribution in [1.29, 1.82) is 0 Å². The molecule has 1 fully saturated rings. The van der Waals surface area contributed by atoms with Crippen LogP contribution in [0.5, 0.6) is 0 Å². The average Bonchev–Trinajstić information content (AvgIpc) is 3.38. The highest BCUT2D eigenvalue weighted by molar-refractivity contribution is 5.89. The van der Waals surface area contributed by atoms with Gasteiger partial charge in [-0.3, -0.25) is 4.98 Å². The van der Waals surface area contributed by atoms with E-state index < -0.39 is 0 Å². The van der Waals surface area contributed by atoms with Crippen molar-refractivity contribution in [2.24, 2.45) is 0 Å². The lowest BCUT2D eigenvalue weighted by Gasteiger charge is -2.13. The lowest BCUT2D eigenvalue weighted by molar-refractivity contribution is 0.600. The highest BCUT2D eigenvalue weighted by Gasteiger charge is 2.24. The molecule has 0 bridgehead atoms. The second-order valence-corrected chi connectivity index (χ2v) is 8.48. The van der Waals surface area contributed by atoms with Crippen LogP contribution in [0.15, 0.2) is 30.3 Å². The first-order valence-corrected chi connectivity index (χ1v) is 10.4. The highest BCUT2D eigenvalue weighted by atomic mass is 19.1.